The minimum Gasteiger partial charge on any atom is -0.444 e. The molecule has 10 heteroatoms. The number of rotatable bonds is 5. The molecular formula is C32H37N5O5. The summed E-state index contributed by atoms with van der Waals surface area (Å²) >= 11 is 0. The lowest BCUT2D eigenvalue weighted by Crippen LogP contribution is -2.38. The van der Waals surface area contributed by atoms with E-state index in [1.54, 1.807) is 29.2 Å². The number of benzene rings is 2. The lowest BCUT2D eigenvalue weighted by molar-refractivity contribution is -0.183. The Bertz CT molecular complexity index is 1460. The molecule has 1 aromatic heterocycles. The number of nitrogens with one attached hydrogen (secondary N) is 1. The van der Waals surface area contributed by atoms with Crippen molar-refractivity contribution in [2.75, 3.05) is 31.6 Å². The Labute approximate surface area is 246 Å². The van der Waals surface area contributed by atoms with Gasteiger partial charge in [0.25, 0.3) is 0 Å². The van der Waals surface area contributed by atoms with E-state index in [9.17, 15) is 4.79 Å². The second-order valence-electron chi connectivity index (χ2n) is 11.6. The van der Waals surface area contributed by atoms with Crippen molar-refractivity contribution >= 4 is 17.7 Å². The smallest absolute Gasteiger partial charge is 0.410 e. The summed E-state index contributed by atoms with van der Waals surface area (Å²) in [6.45, 7) is 11.8. The molecule has 1 fully saturated rings. The molecule has 0 saturated carbocycles. The van der Waals surface area contributed by atoms with E-state index in [0.717, 1.165) is 40.1 Å². The van der Waals surface area contributed by atoms with Gasteiger partial charge < -0.3 is 29.2 Å². The third kappa shape index (κ3) is 6.98. The summed E-state index contributed by atoms with van der Waals surface area (Å²) in [4.78, 5) is 24.2. The average Bonchev–Trinajstić information content (AvgIpc) is 3.18. The average molecular weight is 572 g/mol. The summed E-state index contributed by atoms with van der Waals surface area (Å²) in [5.41, 5.74) is 5.20. The monoisotopic (exact) mass is 571 g/mol. The number of amides is 1. The SMILES string of the molecule is Cc1cc(C2OCCCO2)cc(C)c1Oc1nc(Nc2ccc(C#N)cc2)nc2c1CCN(C(=O)OC(C)(C)C)CC2. The van der Waals surface area contributed by atoms with E-state index in [1.807, 2.05) is 46.8 Å². The van der Waals surface area contributed by atoms with Crippen LogP contribution in [0.3, 0.4) is 0 Å². The molecule has 0 aliphatic carbocycles. The predicted molar refractivity (Wildman–Crippen MR) is 157 cm³/mol. The standard InChI is InChI=1S/C32H37N5O5/c1-20-17-23(29-39-15-6-16-40-29)18-21(2)27(20)41-28-25-11-13-37(31(38)42-32(3,4)5)14-12-26(25)35-30(36-28)34-24-9-7-22(19-33)8-10-24/h7-10,17-18,29H,6,11-16H2,1-5H3,(H,34,35,36). The van der Waals surface area contributed by atoms with Crippen molar-refractivity contribution in [3.8, 4) is 17.7 Å². The third-order valence-electron chi connectivity index (χ3n) is 7.01. The highest BCUT2D eigenvalue weighted by Crippen LogP contribution is 2.36. The molecule has 220 valence electrons. The van der Waals surface area contributed by atoms with Crippen molar-refractivity contribution in [2.45, 2.75) is 65.8 Å². The van der Waals surface area contributed by atoms with E-state index >= 15 is 0 Å². The first-order valence-corrected chi connectivity index (χ1v) is 14.3. The van der Waals surface area contributed by atoms with Gasteiger partial charge in [0.05, 0.1) is 30.5 Å². The number of fused-ring (bicyclic) bond motifs is 1. The van der Waals surface area contributed by atoms with Gasteiger partial charge in [0, 0.05) is 36.3 Å². The topological polar surface area (TPSA) is 119 Å². The normalized spacial score (nSPS) is 15.8. The Morgan fingerprint density at radius 1 is 1.05 bits per heavy atom. The zero-order valence-electron chi connectivity index (χ0n) is 24.8. The predicted octanol–water partition coefficient (Wildman–Crippen LogP) is 6.27. The lowest BCUT2D eigenvalue weighted by Gasteiger charge is -2.26. The van der Waals surface area contributed by atoms with E-state index in [0.29, 0.717) is 62.3 Å². The van der Waals surface area contributed by atoms with Crippen LogP contribution in [-0.4, -0.2) is 52.9 Å². The number of anilines is 2. The molecule has 2 aliphatic heterocycles. The van der Waals surface area contributed by atoms with Crippen molar-refractivity contribution in [2.24, 2.45) is 0 Å². The quantitative estimate of drug-likeness (QED) is 0.378. The molecule has 1 N–H and O–H groups in total. The largest absolute Gasteiger partial charge is 0.444 e. The molecule has 1 saturated heterocycles. The fraction of sp³-hybridized carbons (Fsp3) is 0.438. The van der Waals surface area contributed by atoms with Gasteiger partial charge in [-0.1, -0.05) is 0 Å². The molecule has 0 bridgehead atoms. The molecule has 0 unspecified atom stereocenters. The van der Waals surface area contributed by atoms with Gasteiger partial charge in [-0.3, -0.25) is 0 Å². The second-order valence-corrected chi connectivity index (χ2v) is 11.6. The van der Waals surface area contributed by atoms with Gasteiger partial charge in [0.1, 0.15) is 11.4 Å². The van der Waals surface area contributed by atoms with Gasteiger partial charge in [-0.25, -0.2) is 9.78 Å². The van der Waals surface area contributed by atoms with Crippen LogP contribution >= 0.6 is 0 Å². The van der Waals surface area contributed by atoms with Gasteiger partial charge in [0.2, 0.25) is 11.8 Å². The fourth-order valence-electron chi connectivity index (χ4n) is 5.03. The molecule has 0 spiro atoms. The molecular weight excluding hydrogens is 534 g/mol. The van der Waals surface area contributed by atoms with Crippen molar-refractivity contribution in [3.05, 3.63) is 69.9 Å². The minimum atomic E-state index is -0.586. The van der Waals surface area contributed by atoms with Crippen molar-refractivity contribution < 1.29 is 23.7 Å². The van der Waals surface area contributed by atoms with Crippen LogP contribution in [0, 0.1) is 25.2 Å². The summed E-state index contributed by atoms with van der Waals surface area (Å²) in [6.07, 6.45) is 1.18. The van der Waals surface area contributed by atoms with Crippen LogP contribution in [-0.2, 0) is 27.1 Å². The van der Waals surface area contributed by atoms with Crippen molar-refractivity contribution in [1.82, 2.24) is 14.9 Å². The van der Waals surface area contributed by atoms with Crippen LogP contribution < -0.4 is 10.1 Å². The lowest BCUT2D eigenvalue weighted by atomic mass is 10.0. The van der Waals surface area contributed by atoms with E-state index in [1.165, 1.54) is 0 Å². The van der Waals surface area contributed by atoms with Gasteiger partial charge in [-0.15, -0.1) is 0 Å². The van der Waals surface area contributed by atoms with Crippen LogP contribution in [0.1, 0.15) is 67.0 Å². The number of hydrogen-bond donors (Lipinski definition) is 1. The minimum absolute atomic E-state index is 0.351. The van der Waals surface area contributed by atoms with E-state index < -0.39 is 5.60 Å². The first-order chi connectivity index (χ1) is 20.1. The third-order valence-corrected chi connectivity index (χ3v) is 7.01. The summed E-state index contributed by atoms with van der Waals surface area (Å²) < 4.78 is 23.8. The van der Waals surface area contributed by atoms with Crippen LogP contribution in [0.4, 0.5) is 16.4 Å². The van der Waals surface area contributed by atoms with E-state index in [2.05, 4.69) is 11.4 Å². The van der Waals surface area contributed by atoms with Gasteiger partial charge >= 0.3 is 6.09 Å². The molecule has 2 aromatic carbocycles. The molecule has 0 atom stereocenters. The highest BCUT2D eigenvalue weighted by atomic mass is 16.7. The van der Waals surface area contributed by atoms with E-state index in [4.69, 9.17) is 34.2 Å². The zero-order chi connectivity index (χ0) is 29.9. The first-order valence-electron chi connectivity index (χ1n) is 14.3. The first kappa shape index (κ1) is 29.3. The number of hydrogen-bond acceptors (Lipinski definition) is 9. The highest BCUT2D eigenvalue weighted by molar-refractivity contribution is 5.68. The molecule has 42 heavy (non-hydrogen) atoms. The van der Waals surface area contributed by atoms with Crippen molar-refractivity contribution in [3.63, 3.8) is 0 Å². The van der Waals surface area contributed by atoms with Gasteiger partial charge in [-0.2, -0.15) is 10.2 Å². The number of carbonyl (C=O) groups is 1. The number of nitrogens with zero attached hydrogens (tertiary/aromatic N) is 4. The second kappa shape index (κ2) is 12.3. The molecule has 10 nitrogen and oxygen atoms in total. The number of ether oxygens (including phenoxy) is 4. The maximum Gasteiger partial charge on any atom is 0.410 e. The van der Waals surface area contributed by atoms with Gasteiger partial charge in [0.15, 0.2) is 6.29 Å². The maximum atomic E-state index is 12.9. The summed E-state index contributed by atoms with van der Waals surface area (Å²) in [5.74, 6) is 1.51. The number of aryl methyl sites for hydroxylation is 2. The van der Waals surface area contributed by atoms with E-state index in [-0.39, 0.29) is 12.4 Å². The van der Waals surface area contributed by atoms with Gasteiger partial charge in [-0.05, 0) is 95.0 Å². The molecule has 3 aromatic rings. The number of carbonyl (C=O) groups excluding carboxylic acids is 1. The van der Waals surface area contributed by atoms with Crippen molar-refractivity contribution in [1.29, 1.82) is 5.26 Å². The summed E-state index contributed by atoms with van der Waals surface area (Å²) in [7, 11) is 0. The Morgan fingerprint density at radius 3 is 2.36 bits per heavy atom. The van der Waals surface area contributed by atoms with Crippen LogP contribution in [0.5, 0.6) is 11.6 Å². The molecule has 3 heterocycles. The van der Waals surface area contributed by atoms with Crippen LogP contribution in [0.25, 0.3) is 0 Å². The molecule has 0 radical (unpaired) electrons. The highest BCUT2D eigenvalue weighted by Gasteiger charge is 2.28. The molecule has 1 amide bonds. The Balaban J connectivity index is 1.47. The maximum absolute atomic E-state index is 12.9. The van der Waals surface area contributed by atoms with Crippen LogP contribution in [0.15, 0.2) is 36.4 Å². The van der Waals surface area contributed by atoms with Crippen LogP contribution in [0.2, 0.25) is 0 Å². The number of nitriles is 1. The number of aromatic nitrogens is 2. The Hall–Kier alpha value is -4.20. The summed E-state index contributed by atoms with van der Waals surface area (Å²) in [5, 5.41) is 12.4. The summed E-state index contributed by atoms with van der Waals surface area (Å²) in [6, 6.07) is 13.3. The Morgan fingerprint density at radius 2 is 1.71 bits per heavy atom. The molecule has 2 aliphatic rings. The Kier molecular flexibility index (Phi) is 8.61. The fourth-order valence-corrected chi connectivity index (χ4v) is 5.03. The zero-order valence-corrected chi connectivity index (χ0v) is 24.8. The molecule has 5 rings (SSSR count).